The fourth-order valence-corrected chi connectivity index (χ4v) is 1.89. The summed E-state index contributed by atoms with van der Waals surface area (Å²) in [5, 5.41) is 9.88. The number of hydrogen-bond acceptors (Lipinski definition) is 5. The number of methoxy groups -OCH3 is 1. The third-order valence-electron chi connectivity index (χ3n) is 2.99. The second-order valence-corrected chi connectivity index (χ2v) is 4.44. The van der Waals surface area contributed by atoms with Crippen molar-refractivity contribution < 1.29 is 14.6 Å². The monoisotopic (exact) mass is 286 g/mol. The van der Waals surface area contributed by atoms with E-state index in [-0.39, 0.29) is 5.75 Å². The number of benzene rings is 2. The number of aromatic hydroxyl groups is 1. The van der Waals surface area contributed by atoms with E-state index in [1.807, 2.05) is 6.92 Å². The molecule has 0 bridgehead atoms. The molecule has 0 aliphatic carbocycles. The first-order valence-electron chi connectivity index (χ1n) is 6.41. The Morgan fingerprint density at radius 3 is 2.38 bits per heavy atom. The van der Waals surface area contributed by atoms with Gasteiger partial charge in [-0.15, -0.1) is 0 Å². The molecule has 0 amide bonds. The lowest BCUT2D eigenvalue weighted by Crippen LogP contribution is -2.00. The van der Waals surface area contributed by atoms with Crippen molar-refractivity contribution in [3.63, 3.8) is 0 Å². The minimum atomic E-state index is 0.00181. The summed E-state index contributed by atoms with van der Waals surface area (Å²) in [6.45, 7) is 1.83. The van der Waals surface area contributed by atoms with Crippen LogP contribution in [0, 0.1) is 0 Å². The van der Waals surface area contributed by atoms with Gasteiger partial charge in [0.1, 0.15) is 11.5 Å². The molecule has 2 rings (SSSR count). The maximum absolute atomic E-state index is 9.88. The molecule has 0 fully saturated rings. The topological polar surface area (TPSA) is 90.7 Å². The first-order valence-corrected chi connectivity index (χ1v) is 6.41. The molecule has 5 N–H and O–H groups in total. The van der Waals surface area contributed by atoms with E-state index in [4.69, 9.17) is 20.9 Å². The Bertz CT molecular complexity index is 664. The molecular formula is C16H18N2O3. The molecule has 21 heavy (non-hydrogen) atoms. The number of nitrogens with two attached hydrogens (primary N) is 2. The minimum Gasteiger partial charge on any atom is -0.504 e. The van der Waals surface area contributed by atoms with Gasteiger partial charge in [-0.2, -0.15) is 0 Å². The average Bonchev–Trinajstić information content (AvgIpc) is 2.49. The fourth-order valence-electron chi connectivity index (χ4n) is 1.89. The Labute approximate surface area is 123 Å². The average molecular weight is 286 g/mol. The summed E-state index contributed by atoms with van der Waals surface area (Å²) >= 11 is 0. The van der Waals surface area contributed by atoms with E-state index < -0.39 is 0 Å². The number of phenols is 1. The molecule has 2 aromatic carbocycles. The maximum Gasteiger partial charge on any atom is 0.162 e. The molecular weight excluding hydrogens is 268 g/mol. The lowest BCUT2D eigenvalue weighted by molar-refractivity contribution is 0.373. The molecule has 2 aromatic rings. The molecule has 5 nitrogen and oxygen atoms in total. The van der Waals surface area contributed by atoms with Gasteiger partial charge in [0.15, 0.2) is 11.5 Å². The molecule has 0 saturated heterocycles. The summed E-state index contributed by atoms with van der Waals surface area (Å²) in [5.74, 6) is 1.49. The summed E-state index contributed by atoms with van der Waals surface area (Å²) in [5.41, 5.74) is 13.3. The third-order valence-corrected chi connectivity index (χ3v) is 2.99. The van der Waals surface area contributed by atoms with Gasteiger partial charge in [-0.1, -0.05) is 0 Å². The summed E-state index contributed by atoms with van der Waals surface area (Å²) in [6, 6.07) is 10.1. The summed E-state index contributed by atoms with van der Waals surface area (Å²) in [6.07, 6.45) is 1.77. The van der Waals surface area contributed by atoms with Gasteiger partial charge in [0.05, 0.1) is 7.11 Å². The Kier molecular flexibility index (Phi) is 4.23. The number of anilines is 2. The highest BCUT2D eigenvalue weighted by Gasteiger charge is 2.13. The molecule has 5 heteroatoms. The van der Waals surface area contributed by atoms with Crippen LogP contribution in [0.2, 0.25) is 0 Å². The second kappa shape index (κ2) is 6.09. The van der Waals surface area contributed by atoms with Gasteiger partial charge in [0.2, 0.25) is 0 Å². The van der Waals surface area contributed by atoms with Gasteiger partial charge in [-0.05, 0) is 43.3 Å². The van der Waals surface area contributed by atoms with Crippen LogP contribution in [0.5, 0.6) is 17.2 Å². The molecule has 0 aliphatic rings. The molecule has 0 radical (unpaired) electrons. The van der Waals surface area contributed by atoms with Gasteiger partial charge in [-0.3, -0.25) is 0 Å². The van der Waals surface area contributed by atoms with E-state index in [1.54, 1.807) is 36.4 Å². The van der Waals surface area contributed by atoms with Crippen LogP contribution in [-0.2, 0) is 0 Å². The predicted molar refractivity (Wildman–Crippen MR) is 84.2 cm³/mol. The SMILES string of the molecule is CC=C(Oc1ccc(N)cc1)c1cc(O)c(OC)cc1N. The quantitative estimate of drug-likeness (QED) is 0.456. The highest BCUT2D eigenvalue weighted by Crippen LogP contribution is 2.35. The van der Waals surface area contributed by atoms with Crippen LogP contribution in [0.1, 0.15) is 12.5 Å². The minimum absolute atomic E-state index is 0.00181. The highest BCUT2D eigenvalue weighted by molar-refractivity contribution is 5.75. The molecule has 0 aromatic heterocycles. The molecule has 0 unspecified atom stereocenters. The lowest BCUT2D eigenvalue weighted by Gasteiger charge is -2.14. The van der Waals surface area contributed by atoms with Crippen LogP contribution in [-0.4, -0.2) is 12.2 Å². The fraction of sp³-hybridized carbons (Fsp3) is 0.125. The van der Waals surface area contributed by atoms with E-state index in [2.05, 4.69) is 0 Å². The molecule has 110 valence electrons. The summed E-state index contributed by atoms with van der Waals surface area (Å²) < 4.78 is 10.8. The van der Waals surface area contributed by atoms with Crippen molar-refractivity contribution in [3.8, 4) is 17.2 Å². The standard InChI is InChI=1S/C16H18N2O3/c1-3-15(21-11-6-4-10(17)5-7-11)12-8-14(19)16(20-2)9-13(12)18/h3-9,19H,17-18H2,1-2H3. The smallest absolute Gasteiger partial charge is 0.162 e. The number of rotatable bonds is 4. The normalized spacial score (nSPS) is 11.2. The second-order valence-electron chi connectivity index (χ2n) is 4.44. The van der Waals surface area contributed by atoms with Crippen molar-refractivity contribution in [1.82, 2.24) is 0 Å². The highest BCUT2D eigenvalue weighted by atomic mass is 16.5. The third kappa shape index (κ3) is 3.20. The van der Waals surface area contributed by atoms with Crippen molar-refractivity contribution in [1.29, 1.82) is 0 Å². The van der Waals surface area contributed by atoms with Crippen LogP contribution < -0.4 is 20.9 Å². The van der Waals surface area contributed by atoms with Crippen LogP contribution in [0.3, 0.4) is 0 Å². The van der Waals surface area contributed by atoms with Crippen molar-refractivity contribution >= 4 is 17.1 Å². The molecule has 0 aliphatic heterocycles. The van der Waals surface area contributed by atoms with Gasteiger partial charge in [-0.25, -0.2) is 0 Å². The Morgan fingerprint density at radius 1 is 1.14 bits per heavy atom. The van der Waals surface area contributed by atoms with E-state index in [0.717, 1.165) is 0 Å². The zero-order valence-corrected chi connectivity index (χ0v) is 12.0. The lowest BCUT2D eigenvalue weighted by atomic mass is 10.1. The van der Waals surface area contributed by atoms with Crippen LogP contribution in [0.25, 0.3) is 5.76 Å². The summed E-state index contributed by atoms with van der Waals surface area (Å²) in [7, 11) is 1.47. The van der Waals surface area contributed by atoms with E-state index in [9.17, 15) is 5.11 Å². The first kappa shape index (κ1) is 14.6. The van der Waals surface area contributed by atoms with Gasteiger partial charge in [0, 0.05) is 23.0 Å². The number of hydrogen-bond donors (Lipinski definition) is 3. The molecule has 0 heterocycles. The largest absolute Gasteiger partial charge is 0.504 e. The molecule has 0 saturated carbocycles. The van der Waals surface area contributed by atoms with Crippen molar-refractivity contribution in [2.75, 3.05) is 18.6 Å². The van der Waals surface area contributed by atoms with Gasteiger partial charge in [0.25, 0.3) is 0 Å². The number of allylic oxidation sites excluding steroid dienone is 1. The van der Waals surface area contributed by atoms with Crippen molar-refractivity contribution in [2.45, 2.75) is 6.92 Å². The van der Waals surface area contributed by atoms with E-state index in [0.29, 0.717) is 34.2 Å². The maximum atomic E-state index is 9.88. The number of ether oxygens (including phenoxy) is 2. The zero-order valence-electron chi connectivity index (χ0n) is 12.0. The predicted octanol–water partition coefficient (Wildman–Crippen LogP) is 3.01. The Hall–Kier alpha value is -2.82. The Morgan fingerprint density at radius 2 is 1.81 bits per heavy atom. The van der Waals surface area contributed by atoms with Gasteiger partial charge >= 0.3 is 0 Å². The van der Waals surface area contributed by atoms with Gasteiger partial charge < -0.3 is 26.0 Å². The molecule has 0 spiro atoms. The summed E-state index contributed by atoms with van der Waals surface area (Å²) in [4.78, 5) is 0. The zero-order chi connectivity index (χ0) is 15.4. The van der Waals surface area contributed by atoms with E-state index in [1.165, 1.54) is 13.2 Å². The molecule has 0 atom stereocenters. The van der Waals surface area contributed by atoms with Crippen molar-refractivity contribution in [2.24, 2.45) is 0 Å². The number of phenolic OH excluding ortho intramolecular Hbond substituents is 1. The Balaban J connectivity index is 2.34. The van der Waals surface area contributed by atoms with E-state index >= 15 is 0 Å². The van der Waals surface area contributed by atoms with Crippen LogP contribution in [0.4, 0.5) is 11.4 Å². The van der Waals surface area contributed by atoms with Crippen molar-refractivity contribution in [3.05, 3.63) is 48.0 Å². The first-order chi connectivity index (χ1) is 10.0. The number of nitrogen functional groups attached to an aromatic ring is 2. The van der Waals surface area contributed by atoms with Crippen LogP contribution >= 0.6 is 0 Å². The van der Waals surface area contributed by atoms with Crippen LogP contribution in [0.15, 0.2) is 42.5 Å².